The van der Waals surface area contributed by atoms with Gasteiger partial charge in [0.25, 0.3) is 0 Å². The summed E-state index contributed by atoms with van der Waals surface area (Å²) in [4.78, 5) is 0. The zero-order valence-corrected chi connectivity index (χ0v) is 12.3. The van der Waals surface area contributed by atoms with Crippen LogP contribution in [0.25, 0.3) is 6.08 Å². The van der Waals surface area contributed by atoms with Crippen LogP contribution in [-0.2, 0) is 0 Å². The molecule has 0 radical (unpaired) electrons. The molecular weight excluding hydrogens is 248 g/mol. The second kappa shape index (κ2) is 4.37. The van der Waals surface area contributed by atoms with E-state index in [1.165, 1.54) is 44.9 Å². The maximum atomic E-state index is 5.94. The Hall–Kier alpha value is -1.25. The smallest absolute Gasteiger partial charge is 0.157 e. The fraction of sp³-hybridized carbons (Fsp3) is 0.706. The number of allylic oxidation sites excluding steroid dienone is 1. The van der Waals surface area contributed by atoms with E-state index in [0.29, 0.717) is 11.1 Å². The maximum Gasteiger partial charge on any atom is 0.157 e. The first-order valence-electron chi connectivity index (χ1n) is 8.02. The summed E-state index contributed by atoms with van der Waals surface area (Å²) in [5, 5.41) is 4.01. The van der Waals surface area contributed by atoms with Crippen molar-refractivity contribution < 1.29 is 4.52 Å². The Balaban J connectivity index is 1.48. The van der Waals surface area contributed by atoms with Crippen LogP contribution in [0.2, 0.25) is 0 Å². The number of hydrogen-bond acceptors (Lipinski definition) is 3. The SMILES string of the molecule is Cc1onc(/C=C/CC23CC4CC(CC(C4)C2)C3)c1N. The third kappa shape index (κ3) is 1.99. The van der Waals surface area contributed by atoms with E-state index < -0.39 is 0 Å². The summed E-state index contributed by atoms with van der Waals surface area (Å²) in [5.74, 6) is 3.79. The third-order valence-corrected chi connectivity index (χ3v) is 5.93. The number of nitrogens with two attached hydrogens (primary N) is 1. The highest BCUT2D eigenvalue weighted by Crippen LogP contribution is 2.61. The molecule has 4 fully saturated rings. The lowest BCUT2D eigenvalue weighted by molar-refractivity contribution is -0.0505. The van der Waals surface area contributed by atoms with Gasteiger partial charge in [0.05, 0.1) is 0 Å². The van der Waals surface area contributed by atoms with E-state index in [0.717, 1.165) is 29.2 Å². The Labute approximate surface area is 120 Å². The van der Waals surface area contributed by atoms with Crippen LogP contribution in [-0.4, -0.2) is 5.16 Å². The Morgan fingerprint density at radius 1 is 1.20 bits per heavy atom. The monoisotopic (exact) mass is 272 g/mol. The van der Waals surface area contributed by atoms with E-state index in [9.17, 15) is 0 Å². The highest BCUT2D eigenvalue weighted by Gasteiger charge is 2.49. The molecule has 3 nitrogen and oxygen atoms in total. The van der Waals surface area contributed by atoms with E-state index in [2.05, 4.69) is 17.3 Å². The van der Waals surface area contributed by atoms with Gasteiger partial charge in [0, 0.05) is 0 Å². The molecule has 0 aromatic carbocycles. The molecule has 0 spiro atoms. The predicted octanol–water partition coefficient (Wildman–Crippen LogP) is 4.18. The topological polar surface area (TPSA) is 52.0 Å². The van der Waals surface area contributed by atoms with E-state index >= 15 is 0 Å². The molecule has 20 heavy (non-hydrogen) atoms. The fourth-order valence-corrected chi connectivity index (χ4v) is 5.48. The van der Waals surface area contributed by atoms with Crippen LogP contribution in [0.4, 0.5) is 5.69 Å². The summed E-state index contributed by atoms with van der Waals surface area (Å²) < 4.78 is 5.12. The first kappa shape index (κ1) is 12.5. The molecule has 4 saturated carbocycles. The summed E-state index contributed by atoms with van der Waals surface area (Å²) >= 11 is 0. The molecule has 0 amide bonds. The van der Waals surface area contributed by atoms with E-state index in [1.54, 1.807) is 0 Å². The largest absolute Gasteiger partial charge is 0.394 e. The maximum absolute atomic E-state index is 5.94. The number of aromatic nitrogens is 1. The van der Waals surface area contributed by atoms with Crippen LogP contribution in [0.5, 0.6) is 0 Å². The molecular formula is C17H24N2O. The van der Waals surface area contributed by atoms with Gasteiger partial charge in [0.2, 0.25) is 0 Å². The summed E-state index contributed by atoms with van der Waals surface area (Å²) in [7, 11) is 0. The average molecular weight is 272 g/mol. The summed E-state index contributed by atoms with van der Waals surface area (Å²) in [6.07, 6.45) is 14.5. The predicted molar refractivity (Wildman–Crippen MR) is 79.9 cm³/mol. The standard InChI is InChI=1S/C17H24N2O/c1-11-16(18)15(19-20-11)3-2-4-17-8-12-5-13(9-17)7-14(6-12)10-17/h2-3,12-14H,4-10,18H2,1H3/b3-2+. The minimum absolute atomic E-state index is 0.596. The minimum Gasteiger partial charge on any atom is -0.394 e. The van der Waals surface area contributed by atoms with Gasteiger partial charge in [-0.1, -0.05) is 11.2 Å². The highest BCUT2D eigenvalue weighted by molar-refractivity contribution is 5.61. The molecule has 1 aromatic heterocycles. The summed E-state index contributed by atoms with van der Waals surface area (Å²) in [6, 6.07) is 0. The number of nitrogens with zero attached hydrogens (tertiary/aromatic N) is 1. The summed E-state index contributed by atoms with van der Waals surface area (Å²) in [5.41, 5.74) is 8.02. The molecule has 4 aliphatic carbocycles. The lowest BCUT2D eigenvalue weighted by Crippen LogP contribution is -2.45. The lowest BCUT2D eigenvalue weighted by Gasteiger charge is -2.56. The van der Waals surface area contributed by atoms with Crippen molar-refractivity contribution in [3.8, 4) is 0 Å². The first-order chi connectivity index (χ1) is 9.63. The number of nitrogen functional groups attached to an aromatic ring is 1. The van der Waals surface area contributed by atoms with Crippen molar-refractivity contribution in [3.63, 3.8) is 0 Å². The van der Waals surface area contributed by atoms with Gasteiger partial charge in [-0.05, 0) is 81.1 Å². The molecule has 3 heteroatoms. The Morgan fingerprint density at radius 3 is 2.30 bits per heavy atom. The molecule has 4 bridgehead atoms. The molecule has 108 valence electrons. The van der Waals surface area contributed by atoms with Crippen molar-refractivity contribution in [2.24, 2.45) is 23.2 Å². The second-order valence-electron chi connectivity index (χ2n) is 7.56. The molecule has 2 N–H and O–H groups in total. The highest BCUT2D eigenvalue weighted by atomic mass is 16.5. The van der Waals surface area contributed by atoms with Gasteiger partial charge in [0.1, 0.15) is 11.4 Å². The molecule has 0 aliphatic heterocycles. The number of hydrogen-bond donors (Lipinski definition) is 1. The number of anilines is 1. The normalized spacial score (nSPS) is 39.0. The van der Waals surface area contributed by atoms with Gasteiger partial charge in [-0.2, -0.15) is 0 Å². The van der Waals surface area contributed by atoms with Crippen LogP contribution in [0.1, 0.15) is 56.4 Å². The van der Waals surface area contributed by atoms with Crippen LogP contribution >= 0.6 is 0 Å². The zero-order chi connectivity index (χ0) is 13.7. The minimum atomic E-state index is 0.596. The lowest BCUT2D eigenvalue weighted by atomic mass is 9.49. The third-order valence-electron chi connectivity index (χ3n) is 5.93. The van der Waals surface area contributed by atoms with Crippen molar-refractivity contribution in [1.29, 1.82) is 0 Å². The van der Waals surface area contributed by atoms with Crippen molar-refractivity contribution in [2.75, 3.05) is 5.73 Å². The first-order valence-corrected chi connectivity index (χ1v) is 8.02. The number of rotatable bonds is 3. The zero-order valence-electron chi connectivity index (χ0n) is 12.3. The van der Waals surface area contributed by atoms with Gasteiger partial charge in [-0.15, -0.1) is 0 Å². The van der Waals surface area contributed by atoms with Crippen molar-refractivity contribution in [2.45, 2.75) is 51.9 Å². The van der Waals surface area contributed by atoms with Gasteiger partial charge in [-0.3, -0.25) is 0 Å². The molecule has 4 aliphatic rings. The van der Waals surface area contributed by atoms with Gasteiger partial charge >= 0.3 is 0 Å². The van der Waals surface area contributed by atoms with E-state index in [1.807, 2.05) is 6.92 Å². The fourth-order valence-electron chi connectivity index (χ4n) is 5.48. The van der Waals surface area contributed by atoms with Crippen molar-refractivity contribution in [1.82, 2.24) is 5.16 Å². The number of aryl methyl sites for hydroxylation is 1. The van der Waals surface area contributed by atoms with Gasteiger partial charge < -0.3 is 10.3 Å². The van der Waals surface area contributed by atoms with Crippen LogP contribution < -0.4 is 5.73 Å². The van der Waals surface area contributed by atoms with Gasteiger partial charge in [-0.25, -0.2) is 0 Å². The molecule has 0 atom stereocenters. The second-order valence-corrected chi connectivity index (χ2v) is 7.56. The molecule has 1 aromatic rings. The quantitative estimate of drug-likeness (QED) is 0.897. The average Bonchev–Trinajstić information content (AvgIpc) is 2.69. The summed E-state index contributed by atoms with van der Waals surface area (Å²) in [6.45, 7) is 1.86. The molecule has 0 saturated heterocycles. The van der Waals surface area contributed by atoms with Gasteiger partial charge in [0.15, 0.2) is 5.76 Å². The Morgan fingerprint density at radius 2 is 1.80 bits per heavy atom. The Kier molecular flexibility index (Phi) is 2.73. The van der Waals surface area contributed by atoms with E-state index in [4.69, 9.17) is 10.3 Å². The van der Waals surface area contributed by atoms with Crippen LogP contribution in [0.15, 0.2) is 10.6 Å². The molecule has 5 rings (SSSR count). The molecule has 0 unspecified atom stereocenters. The van der Waals surface area contributed by atoms with Crippen molar-refractivity contribution >= 4 is 11.8 Å². The Bertz CT molecular complexity index is 508. The van der Waals surface area contributed by atoms with Crippen molar-refractivity contribution in [3.05, 3.63) is 17.5 Å². The van der Waals surface area contributed by atoms with Crippen LogP contribution in [0, 0.1) is 30.1 Å². The van der Waals surface area contributed by atoms with Crippen LogP contribution in [0.3, 0.4) is 0 Å². The van der Waals surface area contributed by atoms with E-state index in [-0.39, 0.29) is 0 Å². The molecule has 1 heterocycles.